The Morgan fingerprint density at radius 2 is 1.90 bits per heavy atom. The molecule has 7 heteroatoms. The van der Waals surface area contributed by atoms with Crippen LogP contribution in [0.4, 0.5) is 18.9 Å². The number of imidazole rings is 1. The van der Waals surface area contributed by atoms with Crippen molar-refractivity contribution in [2.45, 2.75) is 6.18 Å². The van der Waals surface area contributed by atoms with Gasteiger partial charge in [0.2, 0.25) is 0 Å². The zero-order chi connectivity index (χ0) is 15.2. The lowest BCUT2D eigenvalue weighted by molar-refractivity contribution is -0.137. The van der Waals surface area contributed by atoms with E-state index in [0.29, 0.717) is 27.1 Å². The van der Waals surface area contributed by atoms with Gasteiger partial charge in [-0.3, -0.25) is 4.40 Å². The van der Waals surface area contributed by atoms with Crippen molar-refractivity contribution in [1.82, 2.24) is 9.38 Å². The summed E-state index contributed by atoms with van der Waals surface area (Å²) in [4.78, 5) is 4.12. The molecule has 3 nitrogen and oxygen atoms in total. The normalized spacial score (nSPS) is 12.0. The lowest BCUT2D eigenvalue weighted by Crippen LogP contribution is -2.04. The fourth-order valence-electron chi connectivity index (χ4n) is 2.12. The van der Waals surface area contributed by atoms with Gasteiger partial charge in [0.25, 0.3) is 0 Å². The molecule has 0 saturated heterocycles. The SMILES string of the molecule is Nc1cc(-c2cccc(C(F)(F)F)c2)cn2c(Br)cnc12. The average Bonchev–Trinajstić information content (AvgIpc) is 2.80. The van der Waals surface area contributed by atoms with Gasteiger partial charge < -0.3 is 5.73 Å². The average molecular weight is 356 g/mol. The molecule has 0 fully saturated rings. The van der Waals surface area contributed by atoms with Gasteiger partial charge in [-0.1, -0.05) is 12.1 Å². The van der Waals surface area contributed by atoms with Crippen LogP contribution < -0.4 is 5.73 Å². The first kappa shape index (κ1) is 13.9. The predicted octanol–water partition coefficient (Wildman–Crippen LogP) is 4.36. The van der Waals surface area contributed by atoms with Crippen LogP contribution in [0.5, 0.6) is 0 Å². The molecule has 1 aromatic carbocycles. The van der Waals surface area contributed by atoms with Gasteiger partial charge in [-0.05, 0) is 39.7 Å². The van der Waals surface area contributed by atoms with Gasteiger partial charge in [-0.25, -0.2) is 4.98 Å². The van der Waals surface area contributed by atoms with E-state index in [1.165, 1.54) is 6.07 Å². The summed E-state index contributed by atoms with van der Waals surface area (Å²) >= 11 is 3.32. The number of halogens is 4. The van der Waals surface area contributed by atoms with Crippen LogP contribution in [-0.2, 0) is 6.18 Å². The molecule has 0 aliphatic carbocycles. The molecule has 0 radical (unpaired) electrons. The van der Waals surface area contributed by atoms with Gasteiger partial charge >= 0.3 is 6.18 Å². The number of nitrogens with two attached hydrogens (primary N) is 1. The molecule has 3 rings (SSSR count). The fraction of sp³-hybridized carbons (Fsp3) is 0.0714. The van der Waals surface area contributed by atoms with Crippen molar-refractivity contribution in [3.8, 4) is 11.1 Å². The third kappa shape index (κ3) is 2.49. The third-order valence-corrected chi connectivity index (χ3v) is 3.70. The van der Waals surface area contributed by atoms with E-state index in [-0.39, 0.29) is 0 Å². The van der Waals surface area contributed by atoms with Crippen LogP contribution in [0, 0.1) is 0 Å². The molecular formula is C14H9BrF3N3. The molecule has 0 amide bonds. The van der Waals surface area contributed by atoms with Gasteiger partial charge in [0.15, 0.2) is 5.65 Å². The van der Waals surface area contributed by atoms with Crippen molar-refractivity contribution in [3.05, 3.63) is 52.9 Å². The molecule has 0 saturated carbocycles. The maximum absolute atomic E-state index is 12.8. The second-order valence-corrected chi connectivity index (χ2v) is 5.35. The van der Waals surface area contributed by atoms with Gasteiger partial charge in [0, 0.05) is 11.8 Å². The zero-order valence-corrected chi connectivity index (χ0v) is 12.1. The molecule has 0 aliphatic heterocycles. The first-order valence-corrected chi connectivity index (χ1v) is 6.75. The number of anilines is 1. The summed E-state index contributed by atoms with van der Waals surface area (Å²) < 4.78 is 40.7. The van der Waals surface area contributed by atoms with Crippen LogP contribution >= 0.6 is 15.9 Å². The van der Waals surface area contributed by atoms with Crippen molar-refractivity contribution < 1.29 is 13.2 Å². The van der Waals surface area contributed by atoms with Crippen molar-refractivity contribution in [2.75, 3.05) is 5.73 Å². The van der Waals surface area contributed by atoms with Crippen LogP contribution in [0.2, 0.25) is 0 Å². The van der Waals surface area contributed by atoms with Crippen LogP contribution in [0.3, 0.4) is 0 Å². The van der Waals surface area contributed by atoms with Crippen LogP contribution in [0.15, 0.2) is 47.3 Å². The number of pyridine rings is 1. The number of nitrogen functional groups attached to an aromatic ring is 1. The van der Waals surface area contributed by atoms with Gasteiger partial charge in [0.1, 0.15) is 4.60 Å². The van der Waals surface area contributed by atoms with E-state index in [1.807, 2.05) is 0 Å². The third-order valence-electron chi connectivity index (χ3n) is 3.11. The molecule has 0 atom stereocenters. The Morgan fingerprint density at radius 1 is 1.14 bits per heavy atom. The van der Waals surface area contributed by atoms with Gasteiger partial charge in [-0.15, -0.1) is 0 Å². The fourth-order valence-corrected chi connectivity index (χ4v) is 2.49. The first-order valence-electron chi connectivity index (χ1n) is 5.96. The van der Waals surface area contributed by atoms with Crippen molar-refractivity contribution >= 4 is 27.3 Å². The van der Waals surface area contributed by atoms with E-state index in [1.54, 1.807) is 28.9 Å². The number of hydrogen-bond acceptors (Lipinski definition) is 2. The molecule has 2 aromatic heterocycles. The molecule has 0 bridgehead atoms. The second-order valence-electron chi connectivity index (χ2n) is 4.54. The summed E-state index contributed by atoms with van der Waals surface area (Å²) in [6, 6.07) is 6.75. The second kappa shape index (κ2) is 4.77. The highest BCUT2D eigenvalue weighted by atomic mass is 79.9. The highest BCUT2D eigenvalue weighted by molar-refractivity contribution is 9.10. The molecule has 21 heavy (non-hydrogen) atoms. The largest absolute Gasteiger partial charge is 0.416 e. The molecule has 108 valence electrons. The number of benzene rings is 1. The Kier molecular flexibility index (Phi) is 3.16. The number of fused-ring (bicyclic) bond motifs is 1. The molecule has 0 aliphatic rings. The van der Waals surface area contributed by atoms with E-state index in [0.717, 1.165) is 12.1 Å². The summed E-state index contributed by atoms with van der Waals surface area (Å²) in [7, 11) is 0. The lowest BCUT2D eigenvalue weighted by atomic mass is 10.0. The number of aromatic nitrogens is 2. The van der Waals surface area contributed by atoms with Crippen molar-refractivity contribution in [3.63, 3.8) is 0 Å². The number of alkyl halides is 3. The van der Waals surface area contributed by atoms with Crippen molar-refractivity contribution in [2.24, 2.45) is 0 Å². The quantitative estimate of drug-likeness (QED) is 0.704. The van der Waals surface area contributed by atoms with Gasteiger partial charge in [-0.2, -0.15) is 13.2 Å². The molecule has 2 N–H and O–H groups in total. The monoisotopic (exact) mass is 355 g/mol. The number of rotatable bonds is 1. The molecule has 2 heterocycles. The Morgan fingerprint density at radius 3 is 2.62 bits per heavy atom. The minimum absolute atomic E-state index is 0.399. The maximum Gasteiger partial charge on any atom is 0.416 e. The molecule has 3 aromatic rings. The highest BCUT2D eigenvalue weighted by Crippen LogP contribution is 2.33. The number of hydrogen-bond donors (Lipinski definition) is 1. The topological polar surface area (TPSA) is 43.3 Å². The van der Waals surface area contributed by atoms with E-state index >= 15 is 0 Å². The van der Waals surface area contributed by atoms with E-state index < -0.39 is 11.7 Å². The summed E-state index contributed by atoms with van der Waals surface area (Å²) in [6.07, 6.45) is -1.10. The molecule has 0 spiro atoms. The lowest BCUT2D eigenvalue weighted by Gasteiger charge is -2.10. The smallest absolute Gasteiger partial charge is 0.396 e. The highest BCUT2D eigenvalue weighted by Gasteiger charge is 2.30. The van der Waals surface area contributed by atoms with E-state index in [4.69, 9.17) is 5.73 Å². The standard InChI is InChI=1S/C14H9BrF3N3/c15-12-6-20-13-11(19)5-9(7-21(12)13)8-2-1-3-10(4-8)14(16,17)18/h1-7H,19H2. The Labute approximate surface area is 126 Å². The molecular weight excluding hydrogens is 347 g/mol. The summed E-state index contributed by atoms with van der Waals surface area (Å²) in [5, 5.41) is 0. The van der Waals surface area contributed by atoms with E-state index in [9.17, 15) is 13.2 Å². The number of nitrogens with zero attached hydrogens (tertiary/aromatic N) is 2. The Balaban J connectivity index is 2.18. The van der Waals surface area contributed by atoms with Crippen LogP contribution in [-0.4, -0.2) is 9.38 Å². The van der Waals surface area contributed by atoms with Crippen molar-refractivity contribution in [1.29, 1.82) is 0 Å². The summed E-state index contributed by atoms with van der Waals surface area (Å²) in [6.45, 7) is 0. The first-order chi connectivity index (χ1) is 9.86. The minimum Gasteiger partial charge on any atom is -0.396 e. The Bertz CT molecular complexity index is 824. The zero-order valence-electron chi connectivity index (χ0n) is 10.5. The predicted molar refractivity (Wildman–Crippen MR) is 77.7 cm³/mol. The summed E-state index contributed by atoms with van der Waals surface area (Å²) in [5.41, 5.74) is 7.20. The van der Waals surface area contributed by atoms with Crippen LogP contribution in [0.1, 0.15) is 5.56 Å². The minimum atomic E-state index is -4.37. The van der Waals surface area contributed by atoms with E-state index in [2.05, 4.69) is 20.9 Å². The maximum atomic E-state index is 12.8. The van der Waals surface area contributed by atoms with Crippen LogP contribution in [0.25, 0.3) is 16.8 Å². The van der Waals surface area contributed by atoms with Gasteiger partial charge in [0.05, 0.1) is 17.4 Å². The summed E-state index contributed by atoms with van der Waals surface area (Å²) in [5.74, 6) is 0. The molecule has 0 unspecified atom stereocenters. The Hall–Kier alpha value is -2.02.